The molecule has 2 saturated heterocycles. The van der Waals surface area contributed by atoms with Gasteiger partial charge in [0.2, 0.25) is 17.6 Å². The Morgan fingerprint density at radius 2 is 1.88 bits per heavy atom. The molecule has 1 N–H and O–H groups in total. The lowest BCUT2D eigenvalue weighted by Gasteiger charge is -2.38. The third-order valence-electron chi connectivity index (χ3n) is 4.74. The monoisotopic (exact) mass is 397 g/mol. The molecular weight excluding hydrogens is 377 g/mol. The lowest BCUT2D eigenvalue weighted by Crippen LogP contribution is -2.56. The Kier molecular flexibility index (Phi) is 6.13. The Labute approximate surface area is 163 Å². The molecule has 7 nitrogen and oxygen atoms in total. The van der Waals surface area contributed by atoms with Crippen LogP contribution in [0.1, 0.15) is 5.89 Å². The molecule has 140 valence electrons. The van der Waals surface area contributed by atoms with Crippen LogP contribution >= 0.6 is 24.0 Å². The molecule has 0 bridgehead atoms. The highest BCUT2D eigenvalue weighted by Crippen LogP contribution is 2.19. The molecule has 0 spiro atoms. The number of hydrogen-bond acceptors (Lipinski definition) is 6. The zero-order valence-corrected chi connectivity index (χ0v) is 15.8. The van der Waals surface area contributed by atoms with Crippen LogP contribution in [0.5, 0.6) is 0 Å². The highest BCUT2D eigenvalue weighted by molar-refractivity contribution is 6.30. The van der Waals surface area contributed by atoms with Gasteiger partial charge in [0.15, 0.2) is 0 Å². The van der Waals surface area contributed by atoms with E-state index in [1.165, 1.54) is 0 Å². The van der Waals surface area contributed by atoms with Crippen LogP contribution in [-0.4, -0.2) is 65.1 Å². The molecule has 3 heterocycles. The van der Waals surface area contributed by atoms with Gasteiger partial charge in [0.05, 0.1) is 12.5 Å². The number of halogens is 2. The van der Waals surface area contributed by atoms with Crippen LogP contribution in [-0.2, 0) is 11.3 Å². The third kappa shape index (κ3) is 4.17. The van der Waals surface area contributed by atoms with Gasteiger partial charge in [-0.1, -0.05) is 16.8 Å². The maximum absolute atomic E-state index is 12.2. The summed E-state index contributed by atoms with van der Waals surface area (Å²) in [6.45, 7) is 5.40. The fourth-order valence-electron chi connectivity index (χ4n) is 3.07. The Bertz CT molecular complexity index is 740. The maximum atomic E-state index is 12.2. The van der Waals surface area contributed by atoms with Gasteiger partial charge in [-0.3, -0.25) is 9.69 Å². The normalized spacial score (nSPS) is 18.3. The summed E-state index contributed by atoms with van der Waals surface area (Å²) < 4.78 is 5.37. The minimum Gasteiger partial charge on any atom is -0.340 e. The van der Waals surface area contributed by atoms with Crippen molar-refractivity contribution in [3.63, 3.8) is 0 Å². The summed E-state index contributed by atoms with van der Waals surface area (Å²) >= 11 is 5.90. The number of aromatic nitrogens is 2. The molecule has 0 aliphatic carbocycles. The summed E-state index contributed by atoms with van der Waals surface area (Å²) in [6, 6.07) is 7.36. The maximum Gasteiger partial charge on any atom is 0.241 e. The number of carbonyl (C=O) groups is 1. The summed E-state index contributed by atoms with van der Waals surface area (Å²) in [5, 5.41) is 7.87. The minimum absolute atomic E-state index is 0. The number of carbonyl (C=O) groups excluding carboxylic acids is 1. The largest absolute Gasteiger partial charge is 0.340 e. The van der Waals surface area contributed by atoms with E-state index < -0.39 is 0 Å². The summed E-state index contributed by atoms with van der Waals surface area (Å²) in [7, 11) is 0. The summed E-state index contributed by atoms with van der Waals surface area (Å²) in [6.07, 6.45) is 0. The van der Waals surface area contributed by atoms with Crippen molar-refractivity contribution in [3.8, 4) is 11.4 Å². The average Bonchev–Trinajstić information content (AvgIpc) is 3.03. The highest BCUT2D eigenvalue weighted by atomic mass is 35.5. The highest BCUT2D eigenvalue weighted by Gasteiger charge is 2.31. The number of rotatable bonds is 4. The number of nitrogens with zero attached hydrogens (tertiary/aromatic N) is 4. The van der Waals surface area contributed by atoms with Crippen molar-refractivity contribution in [1.82, 2.24) is 25.3 Å². The van der Waals surface area contributed by atoms with Crippen molar-refractivity contribution < 1.29 is 9.32 Å². The van der Waals surface area contributed by atoms with E-state index in [1.54, 1.807) is 12.1 Å². The van der Waals surface area contributed by atoms with E-state index in [9.17, 15) is 4.79 Å². The molecule has 0 saturated carbocycles. The van der Waals surface area contributed by atoms with Gasteiger partial charge in [0.1, 0.15) is 0 Å². The van der Waals surface area contributed by atoms with Crippen LogP contribution in [0.15, 0.2) is 28.8 Å². The molecule has 9 heteroatoms. The molecule has 1 aromatic heterocycles. The molecule has 26 heavy (non-hydrogen) atoms. The minimum atomic E-state index is 0. The lowest BCUT2D eigenvalue weighted by molar-refractivity contribution is -0.139. The molecule has 0 radical (unpaired) electrons. The molecule has 2 aliphatic heterocycles. The molecule has 1 amide bonds. The number of piperazine rings is 1. The zero-order valence-electron chi connectivity index (χ0n) is 14.2. The first-order chi connectivity index (χ1) is 12.2. The molecule has 2 aromatic rings. The number of benzene rings is 1. The summed E-state index contributed by atoms with van der Waals surface area (Å²) in [4.78, 5) is 20.9. The van der Waals surface area contributed by atoms with Crippen molar-refractivity contribution in [2.24, 2.45) is 5.92 Å². The van der Waals surface area contributed by atoms with E-state index in [0.717, 1.165) is 44.8 Å². The van der Waals surface area contributed by atoms with Crippen molar-refractivity contribution in [1.29, 1.82) is 0 Å². The lowest BCUT2D eigenvalue weighted by atomic mass is 10.0. The quantitative estimate of drug-likeness (QED) is 0.845. The number of hydrogen-bond donors (Lipinski definition) is 1. The van der Waals surface area contributed by atoms with Crippen LogP contribution < -0.4 is 5.32 Å². The molecule has 1 aromatic carbocycles. The van der Waals surface area contributed by atoms with Crippen molar-refractivity contribution in [2.45, 2.75) is 6.54 Å². The fourth-order valence-corrected chi connectivity index (χ4v) is 3.20. The summed E-state index contributed by atoms with van der Waals surface area (Å²) in [5.74, 6) is 1.61. The second kappa shape index (κ2) is 8.35. The predicted octanol–water partition coefficient (Wildman–Crippen LogP) is 1.68. The van der Waals surface area contributed by atoms with E-state index in [2.05, 4.69) is 20.4 Å². The number of amides is 1. The third-order valence-corrected chi connectivity index (χ3v) is 5.00. The van der Waals surface area contributed by atoms with Crippen LogP contribution in [0.2, 0.25) is 5.02 Å². The van der Waals surface area contributed by atoms with Gasteiger partial charge >= 0.3 is 0 Å². The van der Waals surface area contributed by atoms with Crippen molar-refractivity contribution in [3.05, 3.63) is 35.2 Å². The van der Waals surface area contributed by atoms with Crippen LogP contribution in [0, 0.1) is 5.92 Å². The van der Waals surface area contributed by atoms with Crippen LogP contribution in [0.25, 0.3) is 11.4 Å². The first-order valence-electron chi connectivity index (χ1n) is 8.49. The van der Waals surface area contributed by atoms with Gasteiger partial charge < -0.3 is 14.7 Å². The van der Waals surface area contributed by atoms with E-state index in [4.69, 9.17) is 16.1 Å². The topological polar surface area (TPSA) is 74.5 Å². The van der Waals surface area contributed by atoms with E-state index in [0.29, 0.717) is 23.3 Å². The summed E-state index contributed by atoms with van der Waals surface area (Å²) in [5.41, 5.74) is 0.879. The van der Waals surface area contributed by atoms with Crippen LogP contribution in [0.3, 0.4) is 0 Å². The van der Waals surface area contributed by atoms with Crippen LogP contribution in [0.4, 0.5) is 0 Å². The van der Waals surface area contributed by atoms with Gasteiger partial charge in [-0.2, -0.15) is 4.98 Å². The van der Waals surface area contributed by atoms with E-state index in [-0.39, 0.29) is 24.2 Å². The first kappa shape index (κ1) is 19.1. The molecule has 0 atom stereocenters. The van der Waals surface area contributed by atoms with E-state index >= 15 is 0 Å². The van der Waals surface area contributed by atoms with Gasteiger partial charge in [0.25, 0.3) is 0 Å². The predicted molar refractivity (Wildman–Crippen MR) is 100 cm³/mol. The SMILES string of the molecule is Cl.O=C(C1CNC1)N1CCN(Cc2nc(-c3ccc(Cl)cc3)no2)CC1. The standard InChI is InChI=1S/C17H20ClN5O2.ClH/c18-14-3-1-12(2-4-14)16-20-15(25-21-16)11-22-5-7-23(8-6-22)17(24)13-9-19-10-13;/h1-4,13,19H,5-11H2;1H. The fraction of sp³-hybridized carbons (Fsp3) is 0.471. The molecule has 0 unspecified atom stereocenters. The van der Waals surface area contributed by atoms with Gasteiger partial charge in [-0.05, 0) is 24.3 Å². The average molecular weight is 398 g/mol. The zero-order chi connectivity index (χ0) is 17.2. The Morgan fingerprint density at radius 1 is 1.19 bits per heavy atom. The van der Waals surface area contributed by atoms with Gasteiger partial charge in [-0.25, -0.2) is 0 Å². The van der Waals surface area contributed by atoms with Crippen molar-refractivity contribution >= 4 is 29.9 Å². The van der Waals surface area contributed by atoms with Crippen molar-refractivity contribution in [2.75, 3.05) is 39.3 Å². The molecule has 4 rings (SSSR count). The molecule has 2 aliphatic rings. The first-order valence-corrected chi connectivity index (χ1v) is 8.87. The molecular formula is C17H21Cl2N5O2. The Balaban J connectivity index is 0.00000196. The molecule has 2 fully saturated rings. The second-order valence-electron chi connectivity index (χ2n) is 6.48. The smallest absolute Gasteiger partial charge is 0.241 e. The van der Waals surface area contributed by atoms with E-state index in [1.807, 2.05) is 17.0 Å². The number of nitrogens with one attached hydrogen (secondary N) is 1. The van der Waals surface area contributed by atoms with Gasteiger partial charge in [0, 0.05) is 49.9 Å². The second-order valence-corrected chi connectivity index (χ2v) is 6.91. The van der Waals surface area contributed by atoms with Gasteiger partial charge in [-0.15, -0.1) is 12.4 Å². The Morgan fingerprint density at radius 3 is 2.50 bits per heavy atom. The Hall–Kier alpha value is -1.67.